The summed E-state index contributed by atoms with van der Waals surface area (Å²) in [5.41, 5.74) is 3.15. The van der Waals surface area contributed by atoms with Crippen molar-refractivity contribution in [2.75, 3.05) is 43.2 Å². The molecule has 0 saturated carbocycles. The van der Waals surface area contributed by atoms with Crippen molar-refractivity contribution in [3.05, 3.63) is 41.5 Å². The largest absolute Gasteiger partial charge is 0.490 e. The minimum absolute atomic E-state index is 0.0936. The number of piperidine rings is 1. The number of likely N-dealkylation sites (N-methyl/N-ethyl adjacent to an activating group) is 1. The van der Waals surface area contributed by atoms with Crippen LogP contribution in [0.2, 0.25) is 0 Å². The molecule has 0 aliphatic carbocycles. The van der Waals surface area contributed by atoms with Crippen molar-refractivity contribution < 1.29 is 23.8 Å². The lowest BCUT2D eigenvalue weighted by atomic mass is 9.96. The predicted molar refractivity (Wildman–Crippen MR) is 136 cm³/mol. The summed E-state index contributed by atoms with van der Waals surface area (Å²) in [5, 5.41) is 2.99. The lowest BCUT2D eigenvalue weighted by Gasteiger charge is -2.44. The van der Waals surface area contributed by atoms with Crippen LogP contribution < -0.4 is 29.3 Å². The van der Waals surface area contributed by atoms with E-state index in [-0.39, 0.29) is 17.9 Å². The van der Waals surface area contributed by atoms with Gasteiger partial charge in [-0.05, 0) is 75.9 Å². The molecule has 0 radical (unpaired) electrons. The van der Waals surface area contributed by atoms with Crippen molar-refractivity contribution in [3.8, 4) is 17.2 Å². The molecule has 0 aromatic heterocycles. The Labute approximate surface area is 207 Å². The van der Waals surface area contributed by atoms with Crippen molar-refractivity contribution in [1.29, 1.82) is 0 Å². The van der Waals surface area contributed by atoms with E-state index in [0.717, 1.165) is 42.7 Å². The van der Waals surface area contributed by atoms with Crippen molar-refractivity contribution in [2.24, 2.45) is 0 Å². The van der Waals surface area contributed by atoms with Crippen LogP contribution in [0, 0.1) is 0 Å². The Balaban J connectivity index is 1.53. The van der Waals surface area contributed by atoms with Crippen LogP contribution in [0.25, 0.3) is 0 Å². The summed E-state index contributed by atoms with van der Waals surface area (Å²) in [4.78, 5) is 29.8. The number of anilines is 2. The highest BCUT2D eigenvalue weighted by Gasteiger charge is 2.38. The third kappa shape index (κ3) is 5.01. The molecule has 2 aromatic carbocycles. The van der Waals surface area contributed by atoms with Crippen LogP contribution >= 0.6 is 0 Å². The first-order valence-corrected chi connectivity index (χ1v) is 12.5. The van der Waals surface area contributed by atoms with Crippen LogP contribution in [0.5, 0.6) is 17.2 Å². The number of ether oxygens (including phenoxy) is 3. The van der Waals surface area contributed by atoms with Gasteiger partial charge in [0.1, 0.15) is 6.04 Å². The molecule has 2 aromatic rings. The van der Waals surface area contributed by atoms with Gasteiger partial charge in [0.25, 0.3) is 5.91 Å². The summed E-state index contributed by atoms with van der Waals surface area (Å²) in [6.45, 7) is 8.36. The minimum Gasteiger partial charge on any atom is -0.490 e. The number of carbonyl (C=O) groups is 2. The highest BCUT2D eigenvalue weighted by atomic mass is 16.5. The number of nitrogens with one attached hydrogen (secondary N) is 1. The van der Waals surface area contributed by atoms with Gasteiger partial charge in [0.05, 0.1) is 31.2 Å². The molecule has 2 amide bonds. The monoisotopic (exact) mass is 481 g/mol. The first-order valence-electron chi connectivity index (χ1n) is 12.5. The molecule has 8 nitrogen and oxygen atoms in total. The number of benzene rings is 2. The Morgan fingerprint density at radius 3 is 2.31 bits per heavy atom. The maximum absolute atomic E-state index is 13.1. The predicted octanol–water partition coefficient (Wildman–Crippen LogP) is 4.15. The van der Waals surface area contributed by atoms with Crippen LogP contribution in [0.4, 0.5) is 11.4 Å². The number of carbonyl (C=O) groups excluding carboxylic acids is 2. The molecule has 4 rings (SSSR count). The molecule has 2 aliphatic rings. The first kappa shape index (κ1) is 24.7. The molecule has 1 saturated heterocycles. The highest BCUT2D eigenvalue weighted by molar-refractivity contribution is 6.07. The van der Waals surface area contributed by atoms with Crippen molar-refractivity contribution in [1.82, 2.24) is 5.32 Å². The Kier molecular flexibility index (Phi) is 7.68. The van der Waals surface area contributed by atoms with E-state index in [4.69, 9.17) is 14.2 Å². The summed E-state index contributed by atoms with van der Waals surface area (Å²) < 4.78 is 17.3. The zero-order valence-corrected chi connectivity index (χ0v) is 21.1. The molecule has 35 heavy (non-hydrogen) atoms. The third-order valence-corrected chi connectivity index (χ3v) is 6.45. The molecule has 1 fully saturated rings. The SMILES string of the molecule is CCOc1cc(CNC(=O)c2ccc3c(c2)N(C)C(=O)[C@H]2CCCCN32)cc(OCC)c1OCC. The van der Waals surface area contributed by atoms with Gasteiger partial charge in [-0.1, -0.05) is 0 Å². The lowest BCUT2D eigenvalue weighted by Crippen LogP contribution is -2.54. The standard InChI is InChI=1S/C27H35N3O5/c1-5-33-23-14-18(15-24(34-6-2)25(23)35-7-3)17-28-26(31)19-11-12-20-22(16-19)29(4)27(32)21-10-8-9-13-30(20)21/h11-12,14-16,21H,5-10,13,17H2,1-4H3,(H,28,31)/t21-/m1/s1. The van der Waals surface area contributed by atoms with Crippen LogP contribution in [0.15, 0.2) is 30.3 Å². The molecule has 2 heterocycles. The second-order valence-corrected chi connectivity index (χ2v) is 8.71. The van der Waals surface area contributed by atoms with E-state index >= 15 is 0 Å². The molecule has 1 N–H and O–H groups in total. The van der Waals surface area contributed by atoms with Crippen LogP contribution in [-0.4, -0.2) is 51.3 Å². The van der Waals surface area contributed by atoms with Gasteiger partial charge >= 0.3 is 0 Å². The highest BCUT2D eigenvalue weighted by Crippen LogP contribution is 2.40. The van der Waals surface area contributed by atoms with Crippen molar-refractivity contribution >= 4 is 23.2 Å². The topological polar surface area (TPSA) is 80.3 Å². The summed E-state index contributed by atoms with van der Waals surface area (Å²) in [5.74, 6) is 1.64. The van der Waals surface area contributed by atoms with Gasteiger partial charge in [-0.2, -0.15) is 0 Å². The number of hydrogen-bond donors (Lipinski definition) is 1. The van der Waals surface area contributed by atoms with Crippen LogP contribution in [-0.2, 0) is 11.3 Å². The van der Waals surface area contributed by atoms with Gasteiger partial charge in [0.2, 0.25) is 11.7 Å². The van der Waals surface area contributed by atoms with E-state index in [0.29, 0.717) is 49.2 Å². The summed E-state index contributed by atoms with van der Waals surface area (Å²) in [6.07, 6.45) is 3.02. The van der Waals surface area contributed by atoms with Gasteiger partial charge < -0.3 is 29.3 Å². The Bertz CT molecular complexity index is 1060. The maximum atomic E-state index is 13.1. The molecule has 0 unspecified atom stereocenters. The van der Waals surface area contributed by atoms with Gasteiger partial charge in [-0.3, -0.25) is 9.59 Å². The normalized spacial score (nSPS) is 16.9. The Morgan fingerprint density at radius 2 is 1.66 bits per heavy atom. The Hall–Kier alpha value is -3.42. The van der Waals surface area contributed by atoms with Gasteiger partial charge in [-0.25, -0.2) is 0 Å². The number of amides is 2. The number of fused-ring (bicyclic) bond motifs is 3. The fourth-order valence-electron chi connectivity index (χ4n) is 4.82. The summed E-state index contributed by atoms with van der Waals surface area (Å²) in [7, 11) is 1.79. The van der Waals surface area contributed by atoms with E-state index in [1.807, 2.05) is 51.1 Å². The maximum Gasteiger partial charge on any atom is 0.251 e. The minimum atomic E-state index is -0.209. The van der Waals surface area contributed by atoms with E-state index in [1.54, 1.807) is 11.9 Å². The number of rotatable bonds is 9. The average molecular weight is 482 g/mol. The van der Waals surface area contributed by atoms with E-state index in [1.165, 1.54) is 0 Å². The van der Waals surface area contributed by atoms with Crippen LogP contribution in [0.1, 0.15) is 56.0 Å². The fourth-order valence-corrected chi connectivity index (χ4v) is 4.82. The molecule has 2 aliphatic heterocycles. The third-order valence-electron chi connectivity index (χ3n) is 6.45. The zero-order valence-electron chi connectivity index (χ0n) is 21.1. The molecule has 0 bridgehead atoms. The van der Waals surface area contributed by atoms with Gasteiger partial charge in [0.15, 0.2) is 11.5 Å². The molecule has 188 valence electrons. The molecule has 0 spiro atoms. The van der Waals surface area contributed by atoms with Crippen molar-refractivity contribution in [2.45, 2.75) is 52.6 Å². The quantitative estimate of drug-likeness (QED) is 0.580. The zero-order chi connectivity index (χ0) is 24.9. The van der Waals surface area contributed by atoms with E-state index < -0.39 is 0 Å². The average Bonchev–Trinajstić information content (AvgIpc) is 2.87. The molecule has 1 atom stereocenters. The molecular formula is C27H35N3O5. The number of hydrogen-bond acceptors (Lipinski definition) is 6. The second-order valence-electron chi connectivity index (χ2n) is 8.71. The first-order chi connectivity index (χ1) is 17.0. The van der Waals surface area contributed by atoms with Gasteiger partial charge in [-0.15, -0.1) is 0 Å². The Morgan fingerprint density at radius 1 is 0.971 bits per heavy atom. The molecule has 8 heteroatoms. The number of nitrogens with zero attached hydrogens (tertiary/aromatic N) is 2. The summed E-state index contributed by atoms with van der Waals surface area (Å²) >= 11 is 0. The smallest absolute Gasteiger partial charge is 0.251 e. The van der Waals surface area contributed by atoms with E-state index in [9.17, 15) is 9.59 Å². The molecular weight excluding hydrogens is 446 g/mol. The van der Waals surface area contributed by atoms with Crippen molar-refractivity contribution in [3.63, 3.8) is 0 Å². The van der Waals surface area contributed by atoms with E-state index in [2.05, 4.69) is 10.2 Å². The second kappa shape index (κ2) is 10.9. The van der Waals surface area contributed by atoms with Crippen LogP contribution in [0.3, 0.4) is 0 Å². The summed E-state index contributed by atoms with van der Waals surface area (Å²) in [6, 6.07) is 9.24. The fraction of sp³-hybridized carbons (Fsp3) is 0.481. The van der Waals surface area contributed by atoms with Gasteiger partial charge in [0, 0.05) is 25.7 Å². The lowest BCUT2D eigenvalue weighted by molar-refractivity contribution is -0.120.